The third kappa shape index (κ3) is 8.02. The van der Waals surface area contributed by atoms with E-state index < -0.39 is 0 Å². The van der Waals surface area contributed by atoms with Crippen molar-refractivity contribution in [3.8, 4) is 0 Å². The van der Waals surface area contributed by atoms with Crippen LogP contribution in [-0.2, 0) is 4.74 Å². The highest BCUT2D eigenvalue weighted by atomic mass is 16.5. The maximum absolute atomic E-state index is 4.98. The highest BCUT2D eigenvalue weighted by molar-refractivity contribution is 4.58. The molecule has 0 aromatic heterocycles. The van der Waals surface area contributed by atoms with Gasteiger partial charge in [0, 0.05) is 19.7 Å². The van der Waals surface area contributed by atoms with Crippen molar-refractivity contribution in [1.82, 2.24) is 4.90 Å². The van der Waals surface area contributed by atoms with E-state index in [-0.39, 0.29) is 0 Å². The number of ether oxygens (including phenoxy) is 1. The SMILES string of the molecule is CC.CCN(CCOC)C(C)C. The molecule has 0 N–H and O–H groups in total. The molecule has 0 saturated carbocycles. The molecule has 0 aromatic rings. The first-order chi connectivity index (χ1) is 5.72. The summed E-state index contributed by atoms with van der Waals surface area (Å²) in [6.45, 7) is 13.6. The van der Waals surface area contributed by atoms with E-state index in [0.717, 1.165) is 19.7 Å². The summed E-state index contributed by atoms with van der Waals surface area (Å²) in [7, 11) is 1.74. The third-order valence-electron chi connectivity index (χ3n) is 1.72. The van der Waals surface area contributed by atoms with Crippen molar-refractivity contribution in [3.63, 3.8) is 0 Å². The van der Waals surface area contributed by atoms with Crippen molar-refractivity contribution in [2.24, 2.45) is 0 Å². The molecule has 0 aliphatic rings. The molecule has 0 unspecified atom stereocenters. The van der Waals surface area contributed by atoms with Crippen molar-refractivity contribution in [2.45, 2.75) is 40.7 Å². The average Bonchev–Trinajstić information content (AvgIpc) is 2.09. The van der Waals surface area contributed by atoms with E-state index in [1.54, 1.807) is 7.11 Å². The molecule has 0 aliphatic heterocycles. The first kappa shape index (κ1) is 14.4. The lowest BCUT2D eigenvalue weighted by atomic mass is 10.3. The van der Waals surface area contributed by atoms with Gasteiger partial charge in [0.1, 0.15) is 0 Å². The summed E-state index contributed by atoms with van der Waals surface area (Å²) >= 11 is 0. The van der Waals surface area contributed by atoms with Gasteiger partial charge < -0.3 is 4.74 Å². The topological polar surface area (TPSA) is 12.5 Å². The zero-order chi connectivity index (χ0) is 9.98. The smallest absolute Gasteiger partial charge is 0.0589 e. The van der Waals surface area contributed by atoms with E-state index in [0.29, 0.717) is 6.04 Å². The summed E-state index contributed by atoms with van der Waals surface area (Å²) in [4.78, 5) is 2.38. The number of methoxy groups -OCH3 is 1. The summed E-state index contributed by atoms with van der Waals surface area (Å²) in [6, 6.07) is 0.639. The van der Waals surface area contributed by atoms with Crippen molar-refractivity contribution < 1.29 is 4.74 Å². The van der Waals surface area contributed by atoms with Crippen LogP contribution >= 0.6 is 0 Å². The molecule has 0 fully saturated rings. The van der Waals surface area contributed by atoms with Crippen LogP contribution in [0.3, 0.4) is 0 Å². The molecule has 0 aliphatic carbocycles. The molecule has 0 bridgehead atoms. The highest BCUT2D eigenvalue weighted by Crippen LogP contribution is 1.95. The fraction of sp³-hybridized carbons (Fsp3) is 1.00. The molecule has 76 valence electrons. The van der Waals surface area contributed by atoms with Gasteiger partial charge in [0.05, 0.1) is 6.61 Å². The Bertz CT molecular complexity index is 74.2. The molecule has 0 atom stereocenters. The van der Waals surface area contributed by atoms with Crippen LogP contribution < -0.4 is 0 Å². The third-order valence-corrected chi connectivity index (χ3v) is 1.72. The molecule has 12 heavy (non-hydrogen) atoms. The summed E-state index contributed by atoms with van der Waals surface area (Å²) in [5.41, 5.74) is 0. The van der Waals surface area contributed by atoms with Gasteiger partial charge in [-0.1, -0.05) is 20.8 Å². The number of hydrogen-bond donors (Lipinski definition) is 0. The van der Waals surface area contributed by atoms with Crippen LogP contribution in [0.1, 0.15) is 34.6 Å². The zero-order valence-corrected chi connectivity index (χ0v) is 9.55. The van der Waals surface area contributed by atoms with Gasteiger partial charge in [-0.25, -0.2) is 0 Å². The molecule has 0 amide bonds. The first-order valence-electron chi connectivity index (χ1n) is 4.95. The second-order valence-electron chi connectivity index (χ2n) is 2.72. The van der Waals surface area contributed by atoms with Gasteiger partial charge in [0.15, 0.2) is 0 Å². The largest absolute Gasteiger partial charge is 0.383 e. The van der Waals surface area contributed by atoms with Gasteiger partial charge in [0.2, 0.25) is 0 Å². The molecule has 2 heteroatoms. The van der Waals surface area contributed by atoms with E-state index in [9.17, 15) is 0 Å². The Hall–Kier alpha value is -0.0800. The lowest BCUT2D eigenvalue weighted by Gasteiger charge is -2.23. The predicted molar refractivity (Wildman–Crippen MR) is 55.6 cm³/mol. The minimum atomic E-state index is 0.639. The lowest BCUT2D eigenvalue weighted by Crippen LogP contribution is -2.33. The maximum atomic E-state index is 4.98. The zero-order valence-electron chi connectivity index (χ0n) is 9.55. The Balaban J connectivity index is 0. The molecule has 0 aromatic carbocycles. The molecular formula is C10H25NO. The Labute approximate surface area is 77.9 Å². The van der Waals surface area contributed by atoms with Gasteiger partial charge in [0.25, 0.3) is 0 Å². The summed E-state index contributed by atoms with van der Waals surface area (Å²) < 4.78 is 4.98. The fourth-order valence-corrected chi connectivity index (χ4v) is 0.990. The first-order valence-corrected chi connectivity index (χ1v) is 4.95. The monoisotopic (exact) mass is 175 g/mol. The van der Waals surface area contributed by atoms with Crippen LogP contribution in [0.5, 0.6) is 0 Å². The average molecular weight is 175 g/mol. The van der Waals surface area contributed by atoms with Crippen molar-refractivity contribution in [1.29, 1.82) is 0 Å². The standard InChI is InChI=1S/C8H19NO.C2H6/c1-5-9(8(2)3)6-7-10-4;1-2/h8H,5-7H2,1-4H3;1-2H3. The fourth-order valence-electron chi connectivity index (χ4n) is 0.990. The second-order valence-corrected chi connectivity index (χ2v) is 2.72. The lowest BCUT2D eigenvalue weighted by molar-refractivity contribution is 0.134. The van der Waals surface area contributed by atoms with E-state index >= 15 is 0 Å². The van der Waals surface area contributed by atoms with Gasteiger partial charge in [-0.15, -0.1) is 0 Å². The Morgan fingerprint density at radius 2 is 1.75 bits per heavy atom. The number of hydrogen-bond acceptors (Lipinski definition) is 2. The highest BCUT2D eigenvalue weighted by Gasteiger charge is 2.04. The minimum absolute atomic E-state index is 0.639. The second kappa shape index (κ2) is 10.9. The molecule has 0 saturated heterocycles. The van der Waals surface area contributed by atoms with Gasteiger partial charge >= 0.3 is 0 Å². The summed E-state index contributed by atoms with van der Waals surface area (Å²) in [6.07, 6.45) is 0. The van der Waals surface area contributed by atoms with Crippen LogP contribution in [0.15, 0.2) is 0 Å². The van der Waals surface area contributed by atoms with Crippen LogP contribution in [0, 0.1) is 0 Å². The summed E-state index contributed by atoms with van der Waals surface area (Å²) in [5, 5.41) is 0. The minimum Gasteiger partial charge on any atom is -0.383 e. The Morgan fingerprint density at radius 1 is 1.25 bits per heavy atom. The Morgan fingerprint density at radius 3 is 2.00 bits per heavy atom. The molecular weight excluding hydrogens is 150 g/mol. The Kier molecular flexibility index (Phi) is 13.1. The van der Waals surface area contributed by atoms with Crippen molar-refractivity contribution in [3.05, 3.63) is 0 Å². The number of nitrogens with zero attached hydrogens (tertiary/aromatic N) is 1. The van der Waals surface area contributed by atoms with Crippen molar-refractivity contribution >= 4 is 0 Å². The summed E-state index contributed by atoms with van der Waals surface area (Å²) in [5.74, 6) is 0. The van der Waals surface area contributed by atoms with E-state index in [1.165, 1.54) is 0 Å². The maximum Gasteiger partial charge on any atom is 0.0589 e. The van der Waals surface area contributed by atoms with Crippen molar-refractivity contribution in [2.75, 3.05) is 26.8 Å². The number of likely N-dealkylation sites (N-methyl/N-ethyl adjacent to an activating group) is 1. The normalized spacial score (nSPS) is 10.0. The van der Waals surface area contributed by atoms with E-state index in [4.69, 9.17) is 4.74 Å². The molecule has 0 rings (SSSR count). The number of rotatable bonds is 5. The molecule has 0 radical (unpaired) electrons. The molecule has 2 nitrogen and oxygen atoms in total. The van der Waals surface area contributed by atoms with E-state index in [2.05, 4.69) is 25.7 Å². The van der Waals surface area contributed by atoms with Gasteiger partial charge in [-0.05, 0) is 20.4 Å². The van der Waals surface area contributed by atoms with E-state index in [1.807, 2.05) is 13.8 Å². The predicted octanol–water partition coefficient (Wildman–Crippen LogP) is 2.39. The van der Waals surface area contributed by atoms with Crippen LogP contribution in [0.2, 0.25) is 0 Å². The van der Waals surface area contributed by atoms with Crippen LogP contribution in [0.4, 0.5) is 0 Å². The van der Waals surface area contributed by atoms with Crippen LogP contribution in [0.25, 0.3) is 0 Å². The van der Waals surface area contributed by atoms with Crippen LogP contribution in [-0.4, -0.2) is 37.7 Å². The van der Waals surface area contributed by atoms with Gasteiger partial charge in [-0.2, -0.15) is 0 Å². The van der Waals surface area contributed by atoms with Gasteiger partial charge in [-0.3, -0.25) is 4.90 Å². The quantitative estimate of drug-likeness (QED) is 0.636. The molecule has 0 heterocycles. The molecule has 0 spiro atoms.